The largest absolute Gasteiger partial charge is 0.493 e. The number of aliphatic imine (C=N–C) groups is 1. The minimum Gasteiger partial charge on any atom is -0.493 e. The highest BCUT2D eigenvalue weighted by Crippen LogP contribution is 2.37. The van der Waals surface area contributed by atoms with E-state index < -0.39 is 5.91 Å². The SMILES string of the molecule is COc1cc2c(cc1OCC(=O)NO)N=CC1CCCN1C2=O. The van der Waals surface area contributed by atoms with Crippen LogP contribution in [0.25, 0.3) is 0 Å². The van der Waals surface area contributed by atoms with Crippen LogP contribution >= 0.6 is 0 Å². The van der Waals surface area contributed by atoms with Crippen LogP contribution in [-0.2, 0) is 4.79 Å². The lowest BCUT2D eigenvalue weighted by Crippen LogP contribution is -2.35. The fraction of sp³-hybridized carbons (Fsp3) is 0.400. The second kappa shape index (κ2) is 6.25. The Balaban J connectivity index is 1.95. The Morgan fingerprint density at radius 1 is 1.48 bits per heavy atom. The fourth-order valence-electron chi connectivity index (χ4n) is 2.80. The molecule has 1 fully saturated rings. The van der Waals surface area contributed by atoms with E-state index in [4.69, 9.17) is 14.7 Å². The standard InChI is InChI=1S/C15H17N3O5/c1-22-12-5-10-11(6-13(12)23-8-14(19)17-21)16-7-9-3-2-4-18(9)15(10)20/h5-7,9,21H,2-4,8H2,1H3,(H,17,19). The zero-order valence-electron chi connectivity index (χ0n) is 12.6. The number of carbonyl (C=O) groups excluding carboxylic acids is 2. The lowest BCUT2D eigenvalue weighted by Gasteiger charge is -2.20. The van der Waals surface area contributed by atoms with E-state index in [9.17, 15) is 9.59 Å². The maximum absolute atomic E-state index is 12.7. The molecule has 2 aliphatic heterocycles. The Morgan fingerprint density at radius 2 is 2.30 bits per heavy atom. The summed E-state index contributed by atoms with van der Waals surface area (Å²) >= 11 is 0. The number of hydrogen-bond acceptors (Lipinski definition) is 6. The van der Waals surface area contributed by atoms with Crippen LogP contribution < -0.4 is 15.0 Å². The average molecular weight is 319 g/mol. The van der Waals surface area contributed by atoms with Gasteiger partial charge in [0.15, 0.2) is 18.1 Å². The molecule has 1 unspecified atom stereocenters. The van der Waals surface area contributed by atoms with E-state index in [1.165, 1.54) is 12.6 Å². The topological polar surface area (TPSA) is 100 Å². The number of rotatable bonds is 4. The van der Waals surface area contributed by atoms with Crippen molar-refractivity contribution >= 4 is 23.7 Å². The van der Waals surface area contributed by atoms with Crippen molar-refractivity contribution in [2.45, 2.75) is 18.9 Å². The first-order chi connectivity index (χ1) is 11.1. The van der Waals surface area contributed by atoms with E-state index in [1.54, 1.807) is 23.2 Å². The lowest BCUT2D eigenvalue weighted by atomic mass is 10.1. The third kappa shape index (κ3) is 2.85. The molecule has 8 nitrogen and oxygen atoms in total. The summed E-state index contributed by atoms with van der Waals surface area (Å²) in [6, 6.07) is 3.16. The Labute approximate surface area is 132 Å². The molecule has 0 bridgehead atoms. The first-order valence-corrected chi connectivity index (χ1v) is 7.27. The Hall–Kier alpha value is -2.61. The molecule has 2 amide bonds. The molecule has 0 aromatic heterocycles. The number of hydrogen-bond donors (Lipinski definition) is 2. The summed E-state index contributed by atoms with van der Waals surface area (Å²) in [6.45, 7) is 0.338. The zero-order valence-corrected chi connectivity index (χ0v) is 12.6. The third-order valence-electron chi connectivity index (χ3n) is 3.94. The second-order valence-corrected chi connectivity index (χ2v) is 5.33. The van der Waals surface area contributed by atoms with Crippen molar-refractivity contribution in [1.29, 1.82) is 0 Å². The number of nitrogens with one attached hydrogen (secondary N) is 1. The van der Waals surface area contributed by atoms with Gasteiger partial charge in [0, 0.05) is 18.8 Å². The summed E-state index contributed by atoms with van der Waals surface area (Å²) in [4.78, 5) is 29.9. The van der Waals surface area contributed by atoms with Gasteiger partial charge in [0.1, 0.15) is 0 Å². The van der Waals surface area contributed by atoms with Gasteiger partial charge in [-0.3, -0.25) is 19.8 Å². The van der Waals surface area contributed by atoms with Crippen LogP contribution in [0.2, 0.25) is 0 Å². The highest BCUT2D eigenvalue weighted by molar-refractivity contribution is 6.03. The molecule has 1 aromatic carbocycles. The monoisotopic (exact) mass is 319 g/mol. The summed E-state index contributed by atoms with van der Waals surface area (Å²) in [7, 11) is 1.45. The van der Waals surface area contributed by atoms with Crippen molar-refractivity contribution < 1.29 is 24.3 Å². The molecule has 3 rings (SSSR count). The molecule has 0 saturated carbocycles. The fourth-order valence-corrected chi connectivity index (χ4v) is 2.80. The van der Waals surface area contributed by atoms with E-state index in [2.05, 4.69) is 4.99 Å². The van der Waals surface area contributed by atoms with Gasteiger partial charge in [-0.2, -0.15) is 0 Å². The molecule has 8 heteroatoms. The summed E-state index contributed by atoms with van der Waals surface area (Å²) in [5.41, 5.74) is 2.41. The molecule has 2 aliphatic rings. The molecular formula is C15H17N3O5. The van der Waals surface area contributed by atoms with Crippen molar-refractivity contribution in [3.05, 3.63) is 17.7 Å². The van der Waals surface area contributed by atoms with Crippen LogP contribution in [0.1, 0.15) is 23.2 Å². The molecule has 0 spiro atoms. The molecule has 0 radical (unpaired) electrons. The third-order valence-corrected chi connectivity index (χ3v) is 3.94. The molecule has 1 saturated heterocycles. The molecule has 1 atom stereocenters. The van der Waals surface area contributed by atoms with Gasteiger partial charge in [-0.25, -0.2) is 5.48 Å². The molecule has 23 heavy (non-hydrogen) atoms. The van der Waals surface area contributed by atoms with E-state index >= 15 is 0 Å². The van der Waals surface area contributed by atoms with Crippen molar-refractivity contribution in [2.24, 2.45) is 4.99 Å². The highest BCUT2D eigenvalue weighted by Gasteiger charge is 2.32. The molecule has 2 N–H and O–H groups in total. The van der Waals surface area contributed by atoms with Crippen molar-refractivity contribution in [2.75, 3.05) is 20.3 Å². The summed E-state index contributed by atoms with van der Waals surface area (Å²) in [5.74, 6) is -0.169. The van der Waals surface area contributed by atoms with Gasteiger partial charge in [0.25, 0.3) is 11.8 Å². The number of carbonyl (C=O) groups is 2. The highest BCUT2D eigenvalue weighted by atomic mass is 16.5. The van der Waals surface area contributed by atoms with Crippen LogP contribution in [-0.4, -0.2) is 54.4 Å². The number of amides is 2. The van der Waals surface area contributed by atoms with Gasteiger partial charge >= 0.3 is 0 Å². The van der Waals surface area contributed by atoms with Gasteiger partial charge in [0.2, 0.25) is 0 Å². The van der Waals surface area contributed by atoms with Gasteiger partial charge < -0.3 is 14.4 Å². The van der Waals surface area contributed by atoms with Crippen LogP contribution in [0.3, 0.4) is 0 Å². The van der Waals surface area contributed by atoms with Crippen LogP contribution in [0.4, 0.5) is 5.69 Å². The molecule has 1 aromatic rings. The summed E-state index contributed by atoms with van der Waals surface area (Å²) in [5, 5.41) is 8.51. The smallest absolute Gasteiger partial charge is 0.281 e. The van der Waals surface area contributed by atoms with Crippen molar-refractivity contribution in [3.8, 4) is 11.5 Å². The number of hydroxylamine groups is 1. The van der Waals surface area contributed by atoms with Crippen LogP contribution in [0.5, 0.6) is 11.5 Å². The van der Waals surface area contributed by atoms with E-state index in [0.29, 0.717) is 23.5 Å². The zero-order chi connectivity index (χ0) is 16.4. The van der Waals surface area contributed by atoms with Crippen LogP contribution in [0, 0.1) is 0 Å². The normalized spacial score (nSPS) is 19.0. The van der Waals surface area contributed by atoms with E-state index in [-0.39, 0.29) is 24.3 Å². The summed E-state index contributed by atoms with van der Waals surface area (Å²) < 4.78 is 10.6. The molecule has 2 heterocycles. The number of ether oxygens (including phenoxy) is 2. The molecule has 122 valence electrons. The predicted octanol–water partition coefficient (Wildman–Crippen LogP) is 0.900. The maximum Gasteiger partial charge on any atom is 0.281 e. The minimum atomic E-state index is -0.692. The Morgan fingerprint density at radius 3 is 3.04 bits per heavy atom. The van der Waals surface area contributed by atoms with Gasteiger partial charge in [-0.1, -0.05) is 0 Å². The first-order valence-electron chi connectivity index (χ1n) is 7.27. The number of methoxy groups -OCH3 is 1. The maximum atomic E-state index is 12.7. The van der Waals surface area contributed by atoms with E-state index in [1.807, 2.05) is 0 Å². The quantitative estimate of drug-likeness (QED) is 0.634. The van der Waals surface area contributed by atoms with Crippen molar-refractivity contribution in [1.82, 2.24) is 10.4 Å². The summed E-state index contributed by atoms with van der Waals surface area (Å²) in [6.07, 6.45) is 3.64. The lowest BCUT2D eigenvalue weighted by molar-refractivity contribution is -0.131. The second-order valence-electron chi connectivity index (χ2n) is 5.33. The number of benzene rings is 1. The Kier molecular flexibility index (Phi) is 4.16. The minimum absolute atomic E-state index is 0.0189. The van der Waals surface area contributed by atoms with Gasteiger partial charge in [0.05, 0.1) is 24.4 Å². The average Bonchev–Trinajstić information content (AvgIpc) is 3.00. The molecular weight excluding hydrogens is 302 g/mol. The predicted molar refractivity (Wildman–Crippen MR) is 80.6 cm³/mol. The van der Waals surface area contributed by atoms with Crippen molar-refractivity contribution in [3.63, 3.8) is 0 Å². The van der Waals surface area contributed by atoms with Gasteiger partial charge in [-0.05, 0) is 18.9 Å². The number of nitrogens with zero attached hydrogens (tertiary/aromatic N) is 2. The Bertz CT molecular complexity index is 673. The van der Waals surface area contributed by atoms with E-state index in [0.717, 1.165) is 12.8 Å². The first kappa shape index (κ1) is 15.3. The molecule has 0 aliphatic carbocycles. The number of fused-ring (bicyclic) bond motifs is 2. The van der Waals surface area contributed by atoms with Gasteiger partial charge in [-0.15, -0.1) is 0 Å². The van der Waals surface area contributed by atoms with Crippen LogP contribution in [0.15, 0.2) is 17.1 Å².